The number of aromatic nitrogens is 1. The highest BCUT2D eigenvalue weighted by Crippen LogP contribution is 2.24. The average molecular weight is 290 g/mol. The maximum absolute atomic E-state index is 4.47. The summed E-state index contributed by atoms with van der Waals surface area (Å²) in [5.74, 6) is 0. The predicted molar refractivity (Wildman–Crippen MR) is 68.8 cm³/mol. The highest BCUT2D eigenvalue weighted by atomic mass is 79.9. The van der Waals surface area contributed by atoms with E-state index in [9.17, 15) is 0 Å². The van der Waals surface area contributed by atoms with Crippen molar-refractivity contribution in [3.63, 3.8) is 0 Å². The lowest BCUT2D eigenvalue weighted by Gasteiger charge is -2.20. The van der Waals surface area contributed by atoms with E-state index in [0.717, 1.165) is 35.9 Å². The lowest BCUT2D eigenvalue weighted by Crippen LogP contribution is -2.30. The Bertz CT molecular complexity index is 315. The molecule has 0 bridgehead atoms. The van der Waals surface area contributed by atoms with Crippen LogP contribution >= 0.6 is 27.3 Å². The van der Waals surface area contributed by atoms with Crippen molar-refractivity contribution < 1.29 is 0 Å². The van der Waals surface area contributed by atoms with Gasteiger partial charge in [0.25, 0.3) is 0 Å². The summed E-state index contributed by atoms with van der Waals surface area (Å²) >= 11 is 5.13. The molecule has 1 saturated heterocycles. The van der Waals surface area contributed by atoms with Crippen molar-refractivity contribution >= 4 is 32.4 Å². The number of anilines is 1. The highest BCUT2D eigenvalue weighted by Gasteiger charge is 2.15. The standard InChI is InChI=1S/C10H16BrN3S/c1-2-13-4-3-5-14(7-6-13)10-12-9(11)8-15-10/h8H,2-7H2,1H3. The Morgan fingerprint density at radius 3 is 2.93 bits per heavy atom. The van der Waals surface area contributed by atoms with E-state index >= 15 is 0 Å². The van der Waals surface area contributed by atoms with Crippen LogP contribution in [0.2, 0.25) is 0 Å². The molecule has 0 unspecified atom stereocenters. The molecule has 2 rings (SSSR count). The topological polar surface area (TPSA) is 19.4 Å². The molecule has 1 aromatic rings. The zero-order chi connectivity index (χ0) is 10.7. The molecule has 0 spiro atoms. The van der Waals surface area contributed by atoms with E-state index < -0.39 is 0 Å². The van der Waals surface area contributed by atoms with Crippen molar-refractivity contribution in [1.82, 2.24) is 9.88 Å². The third-order valence-electron chi connectivity index (χ3n) is 2.77. The molecular weight excluding hydrogens is 274 g/mol. The fraction of sp³-hybridized carbons (Fsp3) is 0.700. The molecule has 3 nitrogen and oxygen atoms in total. The SMILES string of the molecule is CCN1CCCN(c2nc(Br)cs2)CC1. The number of halogens is 1. The van der Waals surface area contributed by atoms with Gasteiger partial charge in [-0.2, -0.15) is 0 Å². The molecule has 1 aromatic heterocycles. The molecule has 0 N–H and O–H groups in total. The third-order valence-corrected chi connectivity index (χ3v) is 4.38. The molecule has 15 heavy (non-hydrogen) atoms. The van der Waals surface area contributed by atoms with Crippen molar-refractivity contribution in [1.29, 1.82) is 0 Å². The van der Waals surface area contributed by atoms with Crippen molar-refractivity contribution in [2.45, 2.75) is 13.3 Å². The number of thiazole rings is 1. The number of nitrogens with zero attached hydrogens (tertiary/aromatic N) is 3. The molecule has 0 aliphatic carbocycles. The fourth-order valence-corrected chi connectivity index (χ4v) is 3.17. The van der Waals surface area contributed by atoms with E-state index in [0.29, 0.717) is 0 Å². The summed E-state index contributed by atoms with van der Waals surface area (Å²) in [5, 5.41) is 3.21. The minimum Gasteiger partial charge on any atom is -0.347 e. The summed E-state index contributed by atoms with van der Waals surface area (Å²) in [7, 11) is 0. The van der Waals surface area contributed by atoms with Gasteiger partial charge in [-0.25, -0.2) is 4.98 Å². The number of hydrogen-bond donors (Lipinski definition) is 0. The van der Waals surface area contributed by atoms with E-state index in [2.05, 4.69) is 43.0 Å². The Morgan fingerprint density at radius 2 is 2.27 bits per heavy atom. The maximum Gasteiger partial charge on any atom is 0.186 e. The predicted octanol–water partition coefficient (Wildman–Crippen LogP) is 2.44. The molecule has 0 amide bonds. The first-order chi connectivity index (χ1) is 7.29. The summed E-state index contributed by atoms with van der Waals surface area (Å²) in [6.07, 6.45) is 1.24. The van der Waals surface area contributed by atoms with Crippen LogP contribution < -0.4 is 4.90 Å². The van der Waals surface area contributed by atoms with Gasteiger partial charge in [-0.1, -0.05) is 6.92 Å². The monoisotopic (exact) mass is 289 g/mol. The van der Waals surface area contributed by atoms with Gasteiger partial charge in [0.1, 0.15) is 4.60 Å². The zero-order valence-corrected chi connectivity index (χ0v) is 11.4. The summed E-state index contributed by atoms with van der Waals surface area (Å²) in [6.45, 7) is 8.02. The minimum atomic E-state index is 0.957. The Hall–Kier alpha value is -0.130. The number of rotatable bonds is 2. The Balaban J connectivity index is 1.99. The lowest BCUT2D eigenvalue weighted by atomic mass is 10.4. The second-order valence-corrected chi connectivity index (χ2v) is 5.38. The van der Waals surface area contributed by atoms with Gasteiger partial charge in [-0.3, -0.25) is 0 Å². The normalized spacial score (nSPS) is 19.2. The van der Waals surface area contributed by atoms with E-state index in [1.165, 1.54) is 13.0 Å². The summed E-state index contributed by atoms with van der Waals surface area (Å²) in [5.41, 5.74) is 0. The van der Waals surface area contributed by atoms with Crippen LogP contribution in [0.25, 0.3) is 0 Å². The fourth-order valence-electron chi connectivity index (χ4n) is 1.87. The van der Waals surface area contributed by atoms with Crippen LogP contribution in [0.1, 0.15) is 13.3 Å². The van der Waals surface area contributed by atoms with Crippen molar-refractivity contribution in [3.05, 3.63) is 9.98 Å². The first-order valence-electron chi connectivity index (χ1n) is 5.38. The van der Waals surface area contributed by atoms with Gasteiger partial charge in [-0.15, -0.1) is 11.3 Å². The molecular formula is C10H16BrN3S. The van der Waals surface area contributed by atoms with Gasteiger partial charge in [0, 0.05) is 25.0 Å². The van der Waals surface area contributed by atoms with Crippen molar-refractivity contribution in [3.8, 4) is 0 Å². The number of likely N-dealkylation sites (N-methyl/N-ethyl adjacent to an activating group) is 1. The van der Waals surface area contributed by atoms with E-state index in [1.54, 1.807) is 11.3 Å². The van der Waals surface area contributed by atoms with E-state index in [-0.39, 0.29) is 0 Å². The first kappa shape index (κ1) is 11.4. The largest absolute Gasteiger partial charge is 0.347 e. The van der Waals surface area contributed by atoms with Crippen LogP contribution in [0.4, 0.5) is 5.13 Å². The molecule has 2 heterocycles. The van der Waals surface area contributed by atoms with Crippen LogP contribution in [0.15, 0.2) is 9.98 Å². The maximum atomic E-state index is 4.47. The Labute approximate surface area is 103 Å². The van der Waals surface area contributed by atoms with Crippen LogP contribution in [-0.2, 0) is 0 Å². The summed E-state index contributed by atoms with van der Waals surface area (Å²) < 4.78 is 0.957. The highest BCUT2D eigenvalue weighted by molar-refractivity contribution is 9.10. The van der Waals surface area contributed by atoms with Gasteiger partial charge >= 0.3 is 0 Å². The zero-order valence-electron chi connectivity index (χ0n) is 8.95. The Kier molecular flexibility index (Phi) is 3.99. The van der Waals surface area contributed by atoms with E-state index in [1.807, 2.05) is 0 Å². The van der Waals surface area contributed by atoms with Gasteiger partial charge in [0.15, 0.2) is 5.13 Å². The molecule has 0 saturated carbocycles. The number of hydrogen-bond acceptors (Lipinski definition) is 4. The molecule has 84 valence electrons. The molecule has 0 radical (unpaired) electrons. The summed E-state index contributed by atoms with van der Waals surface area (Å²) in [4.78, 5) is 9.37. The second-order valence-electron chi connectivity index (χ2n) is 3.73. The van der Waals surface area contributed by atoms with Crippen LogP contribution in [-0.4, -0.2) is 42.6 Å². The Morgan fingerprint density at radius 1 is 1.40 bits per heavy atom. The second kappa shape index (κ2) is 5.27. The van der Waals surface area contributed by atoms with E-state index in [4.69, 9.17) is 0 Å². The van der Waals surface area contributed by atoms with Gasteiger partial charge in [0.2, 0.25) is 0 Å². The van der Waals surface area contributed by atoms with Crippen LogP contribution in [0.5, 0.6) is 0 Å². The quantitative estimate of drug-likeness (QED) is 0.834. The summed E-state index contributed by atoms with van der Waals surface area (Å²) in [6, 6.07) is 0. The van der Waals surface area contributed by atoms with Crippen LogP contribution in [0, 0.1) is 0 Å². The first-order valence-corrected chi connectivity index (χ1v) is 7.05. The molecule has 0 aromatic carbocycles. The average Bonchev–Trinajstić information content (AvgIpc) is 2.54. The smallest absolute Gasteiger partial charge is 0.186 e. The van der Waals surface area contributed by atoms with Crippen molar-refractivity contribution in [2.75, 3.05) is 37.6 Å². The van der Waals surface area contributed by atoms with Crippen LogP contribution in [0.3, 0.4) is 0 Å². The molecule has 1 aliphatic heterocycles. The minimum absolute atomic E-state index is 0.957. The van der Waals surface area contributed by atoms with Crippen molar-refractivity contribution in [2.24, 2.45) is 0 Å². The molecule has 0 atom stereocenters. The molecule has 5 heteroatoms. The van der Waals surface area contributed by atoms with Gasteiger partial charge in [0.05, 0.1) is 0 Å². The van der Waals surface area contributed by atoms with Gasteiger partial charge < -0.3 is 9.80 Å². The molecule has 1 fully saturated rings. The molecule has 1 aliphatic rings. The van der Waals surface area contributed by atoms with Gasteiger partial charge in [-0.05, 0) is 35.4 Å². The lowest BCUT2D eigenvalue weighted by molar-refractivity contribution is 0.310. The third kappa shape index (κ3) is 2.92.